The van der Waals surface area contributed by atoms with Crippen molar-refractivity contribution in [3.63, 3.8) is 0 Å². The summed E-state index contributed by atoms with van der Waals surface area (Å²) in [4.78, 5) is 32.3. The molecule has 0 spiro atoms. The van der Waals surface area contributed by atoms with Crippen LogP contribution in [0, 0.1) is 0 Å². The molecule has 3 rings (SSSR count). The molecule has 2 heterocycles. The van der Waals surface area contributed by atoms with Gasteiger partial charge >= 0.3 is 0 Å². The van der Waals surface area contributed by atoms with Gasteiger partial charge in [0, 0.05) is 11.4 Å². The van der Waals surface area contributed by atoms with E-state index in [4.69, 9.17) is 0 Å². The molecule has 0 fully saturated rings. The lowest BCUT2D eigenvalue weighted by molar-refractivity contribution is -0.115. The maximum Gasteiger partial charge on any atom is 0.230 e. The van der Waals surface area contributed by atoms with Crippen molar-refractivity contribution in [1.29, 1.82) is 0 Å². The number of carbonyl (C=O) groups is 2. The third-order valence-electron chi connectivity index (χ3n) is 3.12. The average molecular weight is 270 g/mol. The fourth-order valence-corrected chi connectivity index (χ4v) is 2.31. The molecule has 1 aromatic carbocycles. The number of hydrogen-bond donors (Lipinski definition) is 2. The Labute approximate surface area is 116 Å². The minimum Gasteiger partial charge on any atom is -0.324 e. The number of hydrogen-bond acceptors (Lipinski definition) is 4. The van der Waals surface area contributed by atoms with E-state index in [9.17, 15) is 9.59 Å². The summed E-state index contributed by atoms with van der Waals surface area (Å²) in [5, 5.41) is 5.59. The monoisotopic (exact) mass is 270 g/mol. The summed E-state index contributed by atoms with van der Waals surface area (Å²) in [5.41, 5.74) is 4.03. The lowest BCUT2D eigenvalue weighted by Gasteiger charge is -2.10. The van der Waals surface area contributed by atoms with Crippen molar-refractivity contribution in [3.05, 3.63) is 12.1 Å². The van der Waals surface area contributed by atoms with E-state index in [-0.39, 0.29) is 24.7 Å². The molecule has 0 saturated heterocycles. The van der Waals surface area contributed by atoms with E-state index in [0.717, 1.165) is 11.4 Å². The summed E-state index contributed by atoms with van der Waals surface area (Å²) in [6.07, 6.45) is 0.544. The molecule has 2 amide bonds. The van der Waals surface area contributed by atoms with E-state index in [1.54, 1.807) is 12.1 Å². The highest BCUT2D eigenvalue weighted by Gasteiger charge is 2.19. The Morgan fingerprint density at radius 1 is 0.850 bits per heavy atom. The minimum atomic E-state index is -0.107. The van der Waals surface area contributed by atoms with Gasteiger partial charge in [-0.3, -0.25) is 19.6 Å². The van der Waals surface area contributed by atoms with Gasteiger partial charge in [0.25, 0.3) is 0 Å². The molecule has 0 unspecified atom stereocenters. The van der Waals surface area contributed by atoms with Gasteiger partial charge in [-0.2, -0.15) is 0 Å². The second-order valence-electron chi connectivity index (χ2n) is 5.03. The van der Waals surface area contributed by atoms with Gasteiger partial charge in [0.1, 0.15) is 0 Å². The van der Waals surface area contributed by atoms with Crippen LogP contribution in [0.1, 0.15) is 26.7 Å². The quantitative estimate of drug-likeness (QED) is 0.759. The average Bonchev–Trinajstić information content (AvgIpc) is 2.53. The molecule has 0 saturated carbocycles. The van der Waals surface area contributed by atoms with Crippen LogP contribution in [0.2, 0.25) is 0 Å². The van der Waals surface area contributed by atoms with Crippen LogP contribution in [-0.2, 0) is 9.59 Å². The molecule has 1 aromatic rings. The fraction of sp³-hybridized carbons (Fsp3) is 0.286. The zero-order chi connectivity index (χ0) is 14.3. The second kappa shape index (κ2) is 4.56. The van der Waals surface area contributed by atoms with Crippen molar-refractivity contribution in [2.24, 2.45) is 9.98 Å². The molecular formula is C14H14N4O2. The molecule has 6 nitrogen and oxygen atoms in total. The molecule has 20 heavy (non-hydrogen) atoms. The van der Waals surface area contributed by atoms with Crippen LogP contribution in [0.4, 0.5) is 22.7 Å². The van der Waals surface area contributed by atoms with Crippen molar-refractivity contribution in [2.75, 3.05) is 10.6 Å². The van der Waals surface area contributed by atoms with E-state index in [0.29, 0.717) is 22.7 Å². The first-order valence-electron chi connectivity index (χ1n) is 6.37. The summed E-state index contributed by atoms with van der Waals surface area (Å²) >= 11 is 0. The summed E-state index contributed by atoms with van der Waals surface area (Å²) in [6, 6.07) is 3.50. The minimum absolute atomic E-state index is 0.107. The molecule has 6 heteroatoms. The van der Waals surface area contributed by atoms with Crippen molar-refractivity contribution in [1.82, 2.24) is 0 Å². The molecule has 0 radical (unpaired) electrons. The van der Waals surface area contributed by atoms with Crippen LogP contribution in [0.25, 0.3) is 0 Å². The third kappa shape index (κ3) is 2.32. The maximum atomic E-state index is 11.7. The summed E-state index contributed by atoms with van der Waals surface area (Å²) < 4.78 is 0. The SMILES string of the molecule is CC1=Nc2cc3c(cc2NC(=O)C1)NC(=O)CC(C)=N3. The van der Waals surface area contributed by atoms with Crippen molar-refractivity contribution >= 4 is 46.0 Å². The number of benzene rings is 1. The first-order valence-corrected chi connectivity index (χ1v) is 6.37. The summed E-state index contributed by atoms with van der Waals surface area (Å²) in [6.45, 7) is 3.63. The smallest absolute Gasteiger partial charge is 0.230 e. The van der Waals surface area contributed by atoms with Gasteiger partial charge in [-0.05, 0) is 26.0 Å². The Morgan fingerprint density at radius 3 is 1.75 bits per heavy atom. The third-order valence-corrected chi connectivity index (χ3v) is 3.12. The largest absolute Gasteiger partial charge is 0.324 e. The Kier molecular flexibility index (Phi) is 2.85. The van der Waals surface area contributed by atoms with Crippen molar-refractivity contribution in [2.45, 2.75) is 26.7 Å². The van der Waals surface area contributed by atoms with Crippen LogP contribution >= 0.6 is 0 Å². The first-order chi connectivity index (χ1) is 9.51. The Morgan fingerprint density at radius 2 is 1.30 bits per heavy atom. The standard InChI is InChI=1S/C14H14N4O2/c1-7-3-13(19)17-11-6-12-10(5-9(11)15-7)16-8(2)4-14(20)18-12/h5-6H,3-4H2,1-2H3,(H,17,19)(H,18,20). The predicted octanol–water partition coefficient (Wildman–Crippen LogP) is 2.56. The number of nitrogens with one attached hydrogen (secondary N) is 2. The van der Waals surface area contributed by atoms with Gasteiger partial charge in [0.15, 0.2) is 0 Å². The Hall–Kier alpha value is -2.50. The molecule has 0 bridgehead atoms. The number of amides is 2. The lowest BCUT2D eigenvalue weighted by atomic mass is 10.2. The lowest BCUT2D eigenvalue weighted by Crippen LogP contribution is -2.14. The summed E-state index contributed by atoms with van der Waals surface area (Å²) in [7, 11) is 0. The van der Waals surface area contributed by atoms with Gasteiger partial charge in [-0.1, -0.05) is 0 Å². The maximum absolute atomic E-state index is 11.7. The highest BCUT2D eigenvalue weighted by Crippen LogP contribution is 2.39. The molecular weight excluding hydrogens is 256 g/mol. The van der Waals surface area contributed by atoms with E-state index in [1.165, 1.54) is 0 Å². The summed E-state index contributed by atoms with van der Waals surface area (Å²) in [5.74, 6) is -0.214. The van der Waals surface area contributed by atoms with Gasteiger partial charge in [-0.15, -0.1) is 0 Å². The van der Waals surface area contributed by atoms with E-state index in [2.05, 4.69) is 20.6 Å². The topological polar surface area (TPSA) is 82.9 Å². The molecule has 0 aromatic heterocycles. The van der Waals surface area contributed by atoms with Crippen LogP contribution in [0.3, 0.4) is 0 Å². The number of aliphatic imine (C=N–C) groups is 2. The number of fused-ring (bicyclic) bond motifs is 2. The first kappa shape index (κ1) is 12.5. The van der Waals surface area contributed by atoms with Crippen molar-refractivity contribution in [3.8, 4) is 0 Å². The van der Waals surface area contributed by atoms with Crippen LogP contribution in [0.15, 0.2) is 22.1 Å². The van der Waals surface area contributed by atoms with E-state index in [1.807, 2.05) is 13.8 Å². The zero-order valence-electron chi connectivity index (χ0n) is 11.3. The highest BCUT2D eigenvalue weighted by atomic mass is 16.2. The van der Waals surface area contributed by atoms with Crippen LogP contribution in [-0.4, -0.2) is 23.2 Å². The molecule has 2 N–H and O–H groups in total. The van der Waals surface area contributed by atoms with Crippen LogP contribution < -0.4 is 10.6 Å². The molecule has 0 aliphatic carbocycles. The van der Waals surface area contributed by atoms with Crippen LogP contribution in [0.5, 0.6) is 0 Å². The van der Waals surface area contributed by atoms with Gasteiger partial charge in [-0.25, -0.2) is 0 Å². The Balaban J connectivity index is 2.17. The molecule has 102 valence electrons. The molecule has 2 aliphatic heterocycles. The number of rotatable bonds is 0. The second-order valence-corrected chi connectivity index (χ2v) is 5.03. The Bertz CT molecular complexity index is 633. The number of anilines is 2. The number of nitrogens with zero attached hydrogens (tertiary/aromatic N) is 2. The van der Waals surface area contributed by atoms with E-state index < -0.39 is 0 Å². The van der Waals surface area contributed by atoms with Gasteiger partial charge in [0.2, 0.25) is 11.8 Å². The molecule has 0 atom stereocenters. The fourth-order valence-electron chi connectivity index (χ4n) is 2.31. The zero-order valence-corrected chi connectivity index (χ0v) is 11.3. The van der Waals surface area contributed by atoms with Gasteiger partial charge in [0.05, 0.1) is 35.6 Å². The normalized spacial score (nSPS) is 17.7. The highest BCUT2D eigenvalue weighted by molar-refractivity contribution is 6.13. The molecule has 2 aliphatic rings. The van der Waals surface area contributed by atoms with E-state index >= 15 is 0 Å². The predicted molar refractivity (Wildman–Crippen MR) is 78.5 cm³/mol. The van der Waals surface area contributed by atoms with Crippen molar-refractivity contribution < 1.29 is 9.59 Å². The number of carbonyl (C=O) groups excluding carboxylic acids is 2. The van der Waals surface area contributed by atoms with Gasteiger partial charge < -0.3 is 10.6 Å².